The van der Waals surface area contributed by atoms with Gasteiger partial charge in [0.25, 0.3) is 10.2 Å². The summed E-state index contributed by atoms with van der Waals surface area (Å²) in [5.41, 5.74) is 0.0756. The van der Waals surface area contributed by atoms with Gasteiger partial charge in [0.2, 0.25) is 0 Å². The second kappa shape index (κ2) is 6.44. The molecule has 0 atom stereocenters. The largest absolute Gasteiger partial charge is 0.389 e. The van der Waals surface area contributed by atoms with Crippen LogP contribution in [0, 0.1) is 0 Å². The van der Waals surface area contributed by atoms with Gasteiger partial charge >= 0.3 is 0 Å². The van der Waals surface area contributed by atoms with Crippen LogP contribution in [0.2, 0.25) is 0 Å². The number of hydrogen-bond donors (Lipinski definition) is 1. The Balaban J connectivity index is 2.02. The van der Waals surface area contributed by atoms with Crippen LogP contribution in [0.5, 0.6) is 0 Å². The molecule has 21 heavy (non-hydrogen) atoms. The maximum absolute atomic E-state index is 12.5. The van der Waals surface area contributed by atoms with Crippen molar-refractivity contribution in [1.82, 2.24) is 8.61 Å². The molecule has 0 amide bonds. The Morgan fingerprint density at radius 2 is 1.67 bits per heavy atom. The fourth-order valence-corrected chi connectivity index (χ4v) is 4.04. The highest BCUT2D eigenvalue weighted by molar-refractivity contribution is 7.86. The molecule has 1 saturated carbocycles. The molecule has 0 spiro atoms. The summed E-state index contributed by atoms with van der Waals surface area (Å²) in [6.45, 7) is 0.487. The summed E-state index contributed by atoms with van der Waals surface area (Å²) in [6, 6.07) is 9.48. The van der Waals surface area contributed by atoms with Crippen LogP contribution in [-0.2, 0) is 16.8 Å². The highest BCUT2D eigenvalue weighted by Crippen LogP contribution is 2.30. The van der Waals surface area contributed by atoms with Crippen molar-refractivity contribution in [2.45, 2.75) is 37.8 Å². The van der Waals surface area contributed by atoms with Crippen molar-refractivity contribution in [3.63, 3.8) is 0 Å². The smallest absolute Gasteiger partial charge is 0.281 e. The normalized spacial score (nSPS) is 18.5. The fraction of sp³-hybridized carbons (Fsp3) is 0.600. The van der Waals surface area contributed by atoms with E-state index in [0.717, 1.165) is 18.4 Å². The minimum absolute atomic E-state index is 0.161. The van der Waals surface area contributed by atoms with Gasteiger partial charge in [0, 0.05) is 27.2 Å². The van der Waals surface area contributed by atoms with Gasteiger partial charge in [0.05, 0.1) is 5.60 Å². The average Bonchev–Trinajstić information content (AvgIpc) is 2.86. The first-order chi connectivity index (χ1) is 9.83. The molecule has 1 aliphatic carbocycles. The molecular formula is C15H24N2O3S. The predicted octanol–water partition coefficient (Wildman–Crippen LogP) is 1.60. The molecule has 118 valence electrons. The number of aliphatic hydroxyl groups is 1. The monoisotopic (exact) mass is 312 g/mol. The Hall–Kier alpha value is -0.950. The Kier molecular flexibility index (Phi) is 5.03. The lowest BCUT2D eigenvalue weighted by Crippen LogP contribution is -2.46. The molecule has 1 aliphatic rings. The molecule has 1 aromatic rings. The van der Waals surface area contributed by atoms with E-state index in [-0.39, 0.29) is 6.54 Å². The maximum atomic E-state index is 12.5. The third-order valence-electron chi connectivity index (χ3n) is 4.09. The van der Waals surface area contributed by atoms with Crippen molar-refractivity contribution in [3.05, 3.63) is 35.9 Å². The van der Waals surface area contributed by atoms with E-state index in [1.54, 1.807) is 7.05 Å². The van der Waals surface area contributed by atoms with Crippen molar-refractivity contribution in [3.8, 4) is 0 Å². The zero-order valence-corrected chi connectivity index (χ0v) is 13.5. The molecule has 0 radical (unpaired) electrons. The molecule has 1 aromatic carbocycles. The average molecular weight is 312 g/mol. The van der Waals surface area contributed by atoms with E-state index in [9.17, 15) is 13.5 Å². The summed E-state index contributed by atoms with van der Waals surface area (Å²) in [5, 5.41) is 10.4. The third-order valence-corrected chi connectivity index (χ3v) is 5.92. The molecule has 5 nitrogen and oxygen atoms in total. The second-order valence-electron chi connectivity index (χ2n) is 5.94. The molecule has 0 heterocycles. The lowest BCUT2D eigenvalue weighted by atomic mass is 10.0. The summed E-state index contributed by atoms with van der Waals surface area (Å²) in [4.78, 5) is 0. The van der Waals surface area contributed by atoms with Gasteiger partial charge in [0.1, 0.15) is 0 Å². The standard InChI is InChI=1S/C15H24N2O3S/c1-16(12-14-8-4-3-5-9-14)21(19,20)17(2)13-15(18)10-6-7-11-15/h3-5,8-9,18H,6-7,10-13H2,1-2H3. The van der Waals surface area contributed by atoms with E-state index in [0.29, 0.717) is 19.4 Å². The molecule has 1 fully saturated rings. The predicted molar refractivity (Wildman–Crippen MR) is 82.9 cm³/mol. The lowest BCUT2D eigenvalue weighted by Gasteiger charge is -2.30. The van der Waals surface area contributed by atoms with Crippen molar-refractivity contribution in [2.24, 2.45) is 0 Å². The van der Waals surface area contributed by atoms with E-state index in [4.69, 9.17) is 0 Å². The minimum atomic E-state index is -3.56. The van der Waals surface area contributed by atoms with Crippen LogP contribution in [0.15, 0.2) is 30.3 Å². The number of likely N-dealkylation sites (N-methyl/N-ethyl adjacent to an activating group) is 1. The SMILES string of the molecule is CN(Cc1ccccc1)S(=O)(=O)N(C)CC1(O)CCCC1. The van der Waals surface area contributed by atoms with Gasteiger partial charge in [-0.05, 0) is 18.4 Å². The molecule has 2 rings (SSSR count). The molecule has 1 N–H and O–H groups in total. The summed E-state index contributed by atoms with van der Waals surface area (Å²) in [7, 11) is -0.454. The van der Waals surface area contributed by atoms with Crippen LogP contribution in [-0.4, -0.2) is 48.4 Å². The molecule has 0 unspecified atom stereocenters. The van der Waals surface area contributed by atoms with Crippen molar-refractivity contribution in [2.75, 3.05) is 20.6 Å². The lowest BCUT2D eigenvalue weighted by molar-refractivity contribution is 0.0323. The summed E-state index contributed by atoms with van der Waals surface area (Å²) in [6.07, 6.45) is 3.28. The highest BCUT2D eigenvalue weighted by atomic mass is 32.2. The topological polar surface area (TPSA) is 60.9 Å². The number of benzene rings is 1. The van der Waals surface area contributed by atoms with E-state index >= 15 is 0 Å². The van der Waals surface area contributed by atoms with Gasteiger partial charge < -0.3 is 5.11 Å². The van der Waals surface area contributed by atoms with Crippen LogP contribution in [0.3, 0.4) is 0 Å². The van der Waals surface area contributed by atoms with Crippen molar-refractivity contribution in [1.29, 1.82) is 0 Å². The van der Waals surface area contributed by atoms with Gasteiger partial charge in [-0.15, -0.1) is 0 Å². The van der Waals surface area contributed by atoms with Gasteiger partial charge in [-0.2, -0.15) is 17.0 Å². The Labute approximate surface area is 127 Å². The number of hydrogen-bond acceptors (Lipinski definition) is 3. The molecule has 0 aromatic heterocycles. The summed E-state index contributed by atoms with van der Waals surface area (Å²) < 4.78 is 27.6. The first-order valence-electron chi connectivity index (χ1n) is 7.27. The van der Waals surface area contributed by atoms with Crippen LogP contribution in [0.4, 0.5) is 0 Å². The molecule has 0 saturated heterocycles. The molecule has 0 aliphatic heterocycles. The van der Waals surface area contributed by atoms with Crippen LogP contribution < -0.4 is 0 Å². The van der Waals surface area contributed by atoms with Gasteiger partial charge in [0.15, 0.2) is 0 Å². The Morgan fingerprint density at radius 1 is 1.10 bits per heavy atom. The molecular weight excluding hydrogens is 288 g/mol. The maximum Gasteiger partial charge on any atom is 0.281 e. The zero-order valence-electron chi connectivity index (χ0n) is 12.7. The highest BCUT2D eigenvalue weighted by Gasteiger charge is 2.36. The van der Waals surface area contributed by atoms with Crippen molar-refractivity contribution < 1.29 is 13.5 Å². The molecule has 6 heteroatoms. The van der Waals surface area contributed by atoms with Crippen LogP contribution in [0.25, 0.3) is 0 Å². The Bertz CT molecular complexity index is 554. The fourth-order valence-electron chi connectivity index (χ4n) is 2.85. The van der Waals surface area contributed by atoms with Gasteiger partial charge in [-0.3, -0.25) is 0 Å². The summed E-state index contributed by atoms with van der Waals surface area (Å²) in [5.74, 6) is 0. The first kappa shape index (κ1) is 16.4. The molecule has 0 bridgehead atoms. The van der Waals surface area contributed by atoms with E-state index in [1.807, 2.05) is 30.3 Å². The second-order valence-corrected chi connectivity index (χ2v) is 8.08. The van der Waals surface area contributed by atoms with E-state index in [1.165, 1.54) is 15.7 Å². The van der Waals surface area contributed by atoms with Gasteiger partial charge in [-0.25, -0.2) is 0 Å². The quantitative estimate of drug-likeness (QED) is 0.868. The van der Waals surface area contributed by atoms with Gasteiger partial charge in [-0.1, -0.05) is 43.2 Å². The third kappa shape index (κ3) is 4.03. The van der Waals surface area contributed by atoms with Crippen molar-refractivity contribution >= 4 is 10.2 Å². The van der Waals surface area contributed by atoms with E-state index < -0.39 is 15.8 Å². The number of nitrogens with zero attached hydrogens (tertiary/aromatic N) is 2. The zero-order chi connectivity index (χ0) is 15.5. The summed E-state index contributed by atoms with van der Waals surface area (Å²) >= 11 is 0. The number of rotatable bonds is 6. The minimum Gasteiger partial charge on any atom is -0.389 e. The van der Waals surface area contributed by atoms with E-state index in [2.05, 4.69) is 0 Å². The Morgan fingerprint density at radius 3 is 2.24 bits per heavy atom. The van der Waals surface area contributed by atoms with Crippen LogP contribution >= 0.6 is 0 Å². The first-order valence-corrected chi connectivity index (χ1v) is 8.67. The van der Waals surface area contributed by atoms with Crippen LogP contribution in [0.1, 0.15) is 31.2 Å².